The van der Waals surface area contributed by atoms with E-state index >= 15 is 0 Å². The Bertz CT molecular complexity index is 1150. The van der Waals surface area contributed by atoms with Gasteiger partial charge in [-0.25, -0.2) is 0 Å². The van der Waals surface area contributed by atoms with Crippen LogP contribution in [0.2, 0.25) is 5.02 Å². The minimum absolute atomic E-state index is 0.0406. The molecule has 2 aromatic carbocycles. The Hall–Kier alpha value is -3.12. The molecule has 2 aliphatic rings. The van der Waals surface area contributed by atoms with Crippen molar-refractivity contribution < 1.29 is 23.8 Å². The van der Waals surface area contributed by atoms with Gasteiger partial charge in [0.2, 0.25) is 0 Å². The molecule has 0 bridgehead atoms. The molecule has 7 heteroatoms. The Labute approximate surface area is 204 Å². The van der Waals surface area contributed by atoms with Crippen molar-refractivity contribution >= 4 is 29.1 Å². The van der Waals surface area contributed by atoms with Gasteiger partial charge in [-0.05, 0) is 62.1 Å². The van der Waals surface area contributed by atoms with Crippen LogP contribution in [0.15, 0.2) is 58.7 Å². The molecule has 1 aliphatic heterocycles. The lowest BCUT2D eigenvalue weighted by atomic mass is 9.71. The van der Waals surface area contributed by atoms with Crippen LogP contribution in [0.3, 0.4) is 0 Å². The van der Waals surface area contributed by atoms with Crippen LogP contribution in [-0.2, 0) is 20.9 Å². The van der Waals surface area contributed by atoms with Crippen LogP contribution in [0.1, 0.15) is 50.2 Å². The van der Waals surface area contributed by atoms with Crippen LogP contribution in [0.5, 0.6) is 11.5 Å². The number of hydrogen-bond donors (Lipinski definition) is 0. The van der Waals surface area contributed by atoms with E-state index in [0.29, 0.717) is 40.8 Å². The highest BCUT2D eigenvalue weighted by molar-refractivity contribution is 6.30. The Kier molecular flexibility index (Phi) is 7.37. The first-order chi connectivity index (χ1) is 16.4. The van der Waals surface area contributed by atoms with Crippen LogP contribution in [0.25, 0.3) is 0 Å². The second-order valence-corrected chi connectivity index (χ2v) is 8.86. The first-order valence-corrected chi connectivity index (χ1v) is 11.8. The summed E-state index contributed by atoms with van der Waals surface area (Å²) in [4.78, 5) is 30.6. The summed E-state index contributed by atoms with van der Waals surface area (Å²) in [6, 6.07) is 13.0. The summed E-state index contributed by atoms with van der Waals surface area (Å²) < 4.78 is 17.0. The number of carbonyl (C=O) groups is 2. The topological polar surface area (TPSA) is 74.2 Å². The second-order valence-electron chi connectivity index (χ2n) is 8.42. The van der Waals surface area contributed by atoms with E-state index in [1.165, 1.54) is 0 Å². The summed E-state index contributed by atoms with van der Waals surface area (Å²) in [6.45, 7) is 4.21. The van der Waals surface area contributed by atoms with Crippen LogP contribution in [-0.4, -0.2) is 31.2 Å². The molecule has 0 N–H and O–H groups in total. The van der Waals surface area contributed by atoms with Crippen molar-refractivity contribution in [3.8, 4) is 11.5 Å². The number of halogens is 1. The average Bonchev–Trinajstić information content (AvgIpc) is 2.83. The number of rotatable bonds is 7. The van der Waals surface area contributed by atoms with Crippen molar-refractivity contribution in [3.05, 3.63) is 69.9 Å². The molecule has 1 unspecified atom stereocenters. The van der Waals surface area contributed by atoms with Crippen molar-refractivity contribution in [2.75, 3.05) is 13.7 Å². The van der Waals surface area contributed by atoms with E-state index in [0.717, 1.165) is 29.7 Å². The lowest BCUT2D eigenvalue weighted by molar-refractivity contribution is -0.146. The maximum absolute atomic E-state index is 13.0. The van der Waals surface area contributed by atoms with Gasteiger partial charge in [-0.15, -0.1) is 0 Å². The molecule has 4 rings (SSSR count). The largest absolute Gasteiger partial charge is 0.493 e. The standard InChI is InChI=1S/C27H28ClNO5/c1-4-33-27(31)24-16(2)29-20-6-5-7-21(30)26(20)25(24)18-10-13-22(23(14-18)32-3)34-15-17-8-11-19(28)12-9-17/h8-14,24-25H,4-7,15H2,1-3H3/t24?,25-/m1/s1. The quantitative estimate of drug-likeness (QED) is 0.476. The van der Waals surface area contributed by atoms with Gasteiger partial charge < -0.3 is 14.2 Å². The predicted octanol–water partition coefficient (Wildman–Crippen LogP) is 5.67. The Balaban J connectivity index is 1.70. The van der Waals surface area contributed by atoms with E-state index in [1.807, 2.05) is 49.4 Å². The molecule has 0 fully saturated rings. The Morgan fingerprint density at radius 1 is 1.12 bits per heavy atom. The highest BCUT2D eigenvalue weighted by Gasteiger charge is 2.43. The number of esters is 1. The van der Waals surface area contributed by atoms with Gasteiger partial charge in [0.25, 0.3) is 0 Å². The molecule has 0 saturated heterocycles. The molecule has 0 spiro atoms. The maximum atomic E-state index is 13.0. The smallest absolute Gasteiger partial charge is 0.315 e. The van der Waals surface area contributed by atoms with Gasteiger partial charge in [-0.2, -0.15) is 0 Å². The zero-order chi connectivity index (χ0) is 24.2. The van der Waals surface area contributed by atoms with Gasteiger partial charge in [0.05, 0.1) is 13.7 Å². The molecule has 0 saturated carbocycles. The summed E-state index contributed by atoms with van der Waals surface area (Å²) >= 11 is 5.96. The van der Waals surface area contributed by atoms with Gasteiger partial charge in [0.1, 0.15) is 12.5 Å². The summed E-state index contributed by atoms with van der Waals surface area (Å²) in [6.07, 6.45) is 1.95. The fourth-order valence-corrected chi connectivity index (χ4v) is 4.77. The Morgan fingerprint density at radius 3 is 2.59 bits per heavy atom. The van der Waals surface area contributed by atoms with Crippen molar-refractivity contribution in [1.82, 2.24) is 0 Å². The highest BCUT2D eigenvalue weighted by Crippen LogP contribution is 2.45. The number of ketones is 1. The number of ether oxygens (including phenoxy) is 3. The first kappa shape index (κ1) is 24.0. The van der Waals surface area contributed by atoms with Crippen LogP contribution in [0, 0.1) is 5.92 Å². The molecule has 178 valence electrons. The van der Waals surface area contributed by atoms with Crippen LogP contribution in [0.4, 0.5) is 0 Å². The molecule has 0 amide bonds. The van der Waals surface area contributed by atoms with Gasteiger partial charge >= 0.3 is 5.97 Å². The monoisotopic (exact) mass is 481 g/mol. The van der Waals surface area contributed by atoms with Gasteiger partial charge in [-0.3, -0.25) is 14.6 Å². The molecule has 1 heterocycles. The molecule has 0 radical (unpaired) electrons. The normalized spacial score (nSPS) is 19.9. The Morgan fingerprint density at radius 2 is 1.88 bits per heavy atom. The van der Waals surface area contributed by atoms with Gasteiger partial charge in [0, 0.05) is 34.3 Å². The summed E-state index contributed by atoms with van der Waals surface area (Å²) in [5.41, 5.74) is 3.83. The fraction of sp³-hybridized carbons (Fsp3) is 0.370. The van der Waals surface area contributed by atoms with Crippen LogP contribution >= 0.6 is 11.6 Å². The minimum atomic E-state index is -0.661. The molecule has 1 aliphatic carbocycles. The second kappa shape index (κ2) is 10.4. The van der Waals surface area contributed by atoms with E-state index in [9.17, 15) is 9.59 Å². The molecular weight excluding hydrogens is 454 g/mol. The van der Waals surface area contributed by atoms with E-state index in [2.05, 4.69) is 4.99 Å². The molecular formula is C27H28ClNO5. The van der Waals surface area contributed by atoms with E-state index in [4.69, 9.17) is 25.8 Å². The number of allylic oxidation sites excluding steroid dienone is 2. The van der Waals surface area contributed by atoms with Crippen molar-refractivity contribution in [2.45, 2.75) is 45.6 Å². The summed E-state index contributed by atoms with van der Waals surface area (Å²) in [7, 11) is 1.57. The third kappa shape index (κ3) is 4.87. The number of aliphatic imine (C=N–C) groups is 1. The first-order valence-electron chi connectivity index (χ1n) is 11.5. The van der Waals surface area contributed by atoms with Gasteiger partial charge in [0.15, 0.2) is 17.3 Å². The molecule has 2 aromatic rings. The average molecular weight is 482 g/mol. The molecule has 0 aromatic heterocycles. The maximum Gasteiger partial charge on any atom is 0.315 e. The van der Waals surface area contributed by atoms with E-state index < -0.39 is 11.8 Å². The molecule has 34 heavy (non-hydrogen) atoms. The van der Waals surface area contributed by atoms with Crippen LogP contribution < -0.4 is 9.47 Å². The molecule has 6 nitrogen and oxygen atoms in total. The highest BCUT2D eigenvalue weighted by atomic mass is 35.5. The van der Waals surface area contributed by atoms with E-state index in [1.54, 1.807) is 14.0 Å². The number of benzene rings is 2. The summed E-state index contributed by atoms with van der Waals surface area (Å²) in [5, 5.41) is 0.666. The zero-order valence-electron chi connectivity index (χ0n) is 19.6. The van der Waals surface area contributed by atoms with Crippen molar-refractivity contribution in [2.24, 2.45) is 10.9 Å². The van der Waals surface area contributed by atoms with Crippen molar-refractivity contribution in [1.29, 1.82) is 0 Å². The van der Waals surface area contributed by atoms with E-state index in [-0.39, 0.29) is 18.4 Å². The minimum Gasteiger partial charge on any atom is -0.493 e. The van der Waals surface area contributed by atoms with Crippen molar-refractivity contribution in [3.63, 3.8) is 0 Å². The number of carbonyl (C=O) groups excluding carboxylic acids is 2. The lowest BCUT2D eigenvalue weighted by Crippen LogP contribution is -2.37. The lowest BCUT2D eigenvalue weighted by Gasteiger charge is -2.34. The third-order valence-corrected chi connectivity index (χ3v) is 6.48. The SMILES string of the molecule is CCOC(=O)C1C(C)=NC2=C(C(=O)CCC2)[C@@H]1c1ccc(OCc2ccc(Cl)cc2)c(OC)c1. The third-order valence-electron chi connectivity index (χ3n) is 6.23. The number of hydrogen-bond acceptors (Lipinski definition) is 6. The number of nitrogens with zero attached hydrogens (tertiary/aromatic N) is 1. The van der Waals surface area contributed by atoms with Gasteiger partial charge in [-0.1, -0.05) is 29.8 Å². The number of Topliss-reactive ketones (excluding diaryl/α,β-unsaturated/α-hetero) is 1. The fourth-order valence-electron chi connectivity index (χ4n) is 4.64. The zero-order valence-corrected chi connectivity index (χ0v) is 20.4. The number of methoxy groups -OCH3 is 1. The summed E-state index contributed by atoms with van der Waals surface area (Å²) in [5.74, 6) is -0.372. The predicted molar refractivity (Wildman–Crippen MR) is 131 cm³/mol. The molecule has 2 atom stereocenters.